The van der Waals surface area contributed by atoms with Crippen molar-refractivity contribution in [3.05, 3.63) is 101 Å². The van der Waals surface area contributed by atoms with Gasteiger partial charge in [-0.05, 0) is 84.5 Å². The first-order chi connectivity index (χ1) is 17.8. The van der Waals surface area contributed by atoms with E-state index >= 15 is 0 Å². The second kappa shape index (κ2) is 10.2. The van der Waals surface area contributed by atoms with Crippen molar-refractivity contribution in [3.8, 4) is 0 Å². The zero-order valence-corrected chi connectivity index (χ0v) is 21.9. The zero-order valence-electron chi connectivity index (χ0n) is 21.9. The van der Waals surface area contributed by atoms with E-state index in [1.807, 2.05) is 28.2 Å². The Kier molecular flexibility index (Phi) is 6.83. The molecule has 1 amide bonds. The summed E-state index contributed by atoms with van der Waals surface area (Å²) in [5.41, 5.74) is 6.84. The van der Waals surface area contributed by atoms with Crippen molar-refractivity contribution in [2.45, 2.75) is 25.3 Å². The van der Waals surface area contributed by atoms with Crippen molar-refractivity contribution in [3.63, 3.8) is 0 Å². The molecular formula is C31H33FN4O. The first-order valence-corrected chi connectivity index (χ1v) is 12.7. The lowest BCUT2D eigenvalue weighted by Crippen LogP contribution is -2.32. The van der Waals surface area contributed by atoms with Gasteiger partial charge in [-0.1, -0.05) is 30.3 Å². The fourth-order valence-electron chi connectivity index (χ4n) is 5.29. The maximum Gasteiger partial charge on any atom is 0.274 e. The standard InChI is InChI=1S/C31H33FN4O/c1-34(2)26-15-11-21(12-16-26)19-23-7-6-10-28-29(23)33-36(31(37)24-8-5-9-25(32)20-24)30(28)22-13-17-27(18-14-22)35(3)4/h5,8-9,11-20,28,30H,6-7,10H2,1-4H3/b23-19+/t28-,30+/m1/s1. The van der Waals surface area contributed by atoms with Crippen LogP contribution >= 0.6 is 0 Å². The number of hydrogen-bond acceptors (Lipinski definition) is 4. The summed E-state index contributed by atoms with van der Waals surface area (Å²) in [7, 11) is 8.08. The van der Waals surface area contributed by atoms with Gasteiger partial charge in [0.25, 0.3) is 5.91 Å². The fraction of sp³-hybridized carbons (Fsp3) is 0.290. The van der Waals surface area contributed by atoms with Crippen LogP contribution in [0, 0.1) is 11.7 Å². The van der Waals surface area contributed by atoms with Crippen LogP contribution in [-0.2, 0) is 0 Å². The van der Waals surface area contributed by atoms with Gasteiger partial charge in [0.1, 0.15) is 5.82 Å². The molecule has 1 aliphatic heterocycles. The maximum atomic E-state index is 14.0. The number of benzene rings is 3. The van der Waals surface area contributed by atoms with Crippen LogP contribution in [0.2, 0.25) is 0 Å². The highest BCUT2D eigenvalue weighted by Gasteiger charge is 2.44. The highest BCUT2D eigenvalue weighted by atomic mass is 19.1. The molecule has 1 saturated carbocycles. The second-order valence-corrected chi connectivity index (χ2v) is 10.2. The van der Waals surface area contributed by atoms with Gasteiger partial charge in [0.2, 0.25) is 0 Å². The molecule has 3 aromatic rings. The molecule has 3 aromatic carbocycles. The third kappa shape index (κ3) is 5.01. The van der Waals surface area contributed by atoms with Crippen LogP contribution in [0.15, 0.2) is 83.5 Å². The number of carbonyl (C=O) groups is 1. The van der Waals surface area contributed by atoms with Gasteiger partial charge in [-0.15, -0.1) is 0 Å². The number of fused-ring (bicyclic) bond motifs is 1. The highest BCUT2D eigenvalue weighted by molar-refractivity contribution is 6.09. The fourth-order valence-corrected chi connectivity index (χ4v) is 5.29. The Morgan fingerprint density at radius 2 is 1.59 bits per heavy atom. The zero-order chi connectivity index (χ0) is 26.1. The second-order valence-electron chi connectivity index (χ2n) is 10.2. The predicted molar refractivity (Wildman–Crippen MR) is 150 cm³/mol. The number of halogens is 1. The molecule has 1 heterocycles. The first kappa shape index (κ1) is 24.8. The molecule has 2 aliphatic rings. The van der Waals surface area contributed by atoms with Crippen molar-refractivity contribution < 1.29 is 9.18 Å². The minimum atomic E-state index is -0.427. The van der Waals surface area contributed by atoms with Crippen molar-refractivity contribution in [2.24, 2.45) is 11.0 Å². The summed E-state index contributed by atoms with van der Waals surface area (Å²) >= 11 is 0. The summed E-state index contributed by atoms with van der Waals surface area (Å²) in [6, 6.07) is 22.4. The van der Waals surface area contributed by atoms with E-state index in [-0.39, 0.29) is 17.9 Å². The molecule has 37 heavy (non-hydrogen) atoms. The maximum absolute atomic E-state index is 14.0. The molecule has 1 aliphatic carbocycles. The molecule has 0 radical (unpaired) electrons. The average molecular weight is 497 g/mol. The van der Waals surface area contributed by atoms with Gasteiger partial charge in [0, 0.05) is 51.0 Å². The molecule has 0 N–H and O–H groups in total. The van der Waals surface area contributed by atoms with Crippen LogP contribution in [0.3, 0.4) is 0 Å². The van der Waals surface area contributed by atoms with E-state index in [1.165, 1.54) is 17.7 Å². The van der Waals surface area contributed by atoms with Crippen LogP contribution in [0.4, 0.5) is 15.8 Å². The predicted octanol–water partition coefficient (Wildman–Crippen LogP) is 6.39. The van der Waals surface area contributed by atoms with Gasteiger partial charge >= 0.3 is 0 Å². The number of hydrogen-bond donors (Lipinski definition) is 0. The normalized spacial score (nSPS) is 20.0. The van der Waals surface area contributed by atoms with Gasteiger partial charge in [0.05, 0.1) is 11.8 Å². The topological polar surface area (TPSA) is 39.1 Å². The van der Waals surface area contributed by atoms with Crippen molar-refractivity contribution in [1.29, 1.82) is 0 Å². The van der Waals surface area contributed by atoms with Gasteiger partial charge in [0.15, 0.2) is 0 Å². The third-order valence-electron chi connectivity index (χ3n) is 7.28. The Morgan fingerprint density at radius 3 is 2.22 bits per heavy atom. The molecule has 1 fully saturated rings. The van der Waals surface area contributed by atoms with Crippen LogP contribution in [0.1, 0.15) is 46.8 Å². The van der Waals surface area contributed by atoms with Gasteiger partial charge in [-0.3, -0.25) is 4.79 Å². The lowest BCUT2D eigenvalue weighted by molar-refractivity contribution is 0.0680. The Morgan fingerprint density at radius 1 is 0.946 bits per heavy atom. The number of carbonyl (C=O) groups excluding carboxylic acids is 1. The summed E-state index contributed by atoms with van der Waals surface area (Å²) in [6.45, 7) is 0. The van der Waals surface area contributed by atoms with E-state index in [0.717, 1.165) is 47.5 Å². The summed E-state index contributed by atoms with van der Waals surface area (Å²) in [4.78, 5) is 17.8. The number of rotatable bonds is 5. The molecule has 0 unspecified atom stereocenters. The largest absolute Gasteiger partial charge is 0.378 e. The van der Waals surface area contributed by atoms with E-state index in [4.69, 9.17) is 5.10 Å². The number of hydrazone groups is 1. The summed E-state index contributed by atoms with van der Waals surface area (Å²) in [5.74, 6) is -0.620. The lowest BCUT2D eigenvalue weighted by Gasteiger charge is -2.30. The molecule has 0 bridgehead atoms. The first-order valence-electron chi connectivity index (χ1n) is 12.7. The Hall–Kier alpha value is -3.93. The summed E-state index contributed by atoms with van der Waals surface area (Å²) in [5, 5.41) is 6.54. The molecule has 0 aromatic heterocycles. The average Bonchev–Trinajstić information content (AvgIpc) is 3.29. The summed E-state index contributed by atoms with van der Waals surface area (Å²) in [6.07, 6.45) is 5.09. The molecular weight excluding hydrogens is 463 g/mol. The van der Waals surface area contributed by atoms with E-state index in [0.29, 0.717) is 5.56 Å². The van der Waals surface area contributed by atoms with E-state index in [1.54, 1.807) is 17.1 Å². The van der Waals surface area contributed by atoms with Crippen LogP contribution in [-0.4, -0.2) is 44.8 Å². The SMILES string of the molecule is CN(C)c1ccc(/C=C2\CCC[C@@H]3C2=NN(C(=O)c2cccc(F)c2)[C@H]3c2ccc(N(C)C)cc2)cc1. The molecule has 0 spiro atoms. The van der Waals surface area contributed by atoms with Crippen molar-refractivity contribution in [2.75, 3.05) is 38.0 Å². The Balaban J connectivity index is 1.55. The number of anilines is 2. The van der Waals surface area contributed by atoms with Gasteiger partial charge < -0.3 is 9.80 Å². The van der Waals surface area contributed by atoms with Crippen LogP contribution in [0.5, 0.6) is 0 Å². The van der Waals surface area contributed by atoms with Crippen LogP contribution in [0.25, 0.3) is 6.08 Å². The van der Waals surface area contributed by atoms with E-state index < -0.39 is 5.82 Å². The van der Waals surface area contributed by atoms with Gasteiger partial charge in [-0.25, -0.2) is 9.40 Å². The van der Waals surface area contributed by atoms with Crippen molar-refractivity contribution in [1.82, 2.24) is 5.01 Å². The molecule has 5 rings (SSSR count). The van der Waals surface area contributed by atoms with E-state index in [2.05, 4.69) is 64.4 Å². The molecule has 0 saturated heterocycles. The third-order valence-corrected chi connectivity index (χ3v) is 7.28. The van der Waals surface area contributed by atoms with Gasteiger partial charge in [-0.2, -0.15) is 5.10 Å². The monoisotopic (exact) mass is 496 g/mol. The molecule has 5 nitrogen and oxygen atoms in total. The Labute approximate surface area is 218 Å². The minimum Gasteiger partial charge on any atom is -0.378 e. The van der Waals surface area contributed by atoms with E-state index in [9.17, 15) is 9.18 Å². The lowest BCUT2D eigenvalue weighted by atomic mass is 9.77. The molecule has 6 heteroatoms. The highest BCUT2D eigenvalue weighted by Crippen LogP contribution is 2.45. The number of amides is 1. The number of nitrogens with zero attached hydrogens (tertiary/aromatic N) is 4. The van der Waals surface area contributed by atoms with Crippen LogP contribution < -0.4 is 9.80 Å². The smallest absolute Gasteiger partial charge is 0.274 e. The summed E-state index contributed by atoms with van der Waals surface area (Å²) < 4.78 is 14.0. The quantitative estimate of drug-likeness (QED) is 0.411. The molecule has 2 atom stereocenters. The number of allylic oxidation sites excluding steroid dienone is 1. The Bertz CT molecular complexity index is 1340. The van der Waals surface area contributed by atoms with Crippen molar-refractivity contribution >= 4 is 29.1 Å². The minimum absolute atomic E-state index is 0.0868. The molecule has 190 valence electrons.